The van der Waals surface area contributed by atoms with Gasteiger partial charge in [-0.1, -0.05) is 46.0 Å². The van der Waals surface area contributed by atoms with Crippen LogP contribution in [-0.2, 0) is 6.42 Å². The molecular weight excluding hydrogens is 246 g/mol. The first kappa shape index (κ1) is 15.6. The van der Waals surface area contributed by atoms with E-state index in [0.717, 1.165) is 30.6 Å². The second kappa shape index (κ2) is 8.51. The number of hydrogen-bond acceptors (Lipinski definition) is 2. The maximum atomic E-state index is 5.54. The topological polar surface area (TPSA) is 25.2 Å². The molecule has 1 saturated carbocycles. The van der Waals surface area contributed by atoms with E-state index in [4.69, 9.17) is 4.42 Å². The van der Waals surface area contributed by atoms with Gasteiger partial charge in [-0.15, -0.1) is 0 Å². The van der Waals surface area contributed by atoms with Gasteiger partial charge in [0.1, 0.15) is 5.76 Å². The Morgan fingerprint density at radius 1 is 1.25 bits per heavy atom. The molecule has 0 saturated heterocycles. The van der Waals surface area contributed by atoms with Crippen molar-refractivity contribution in [2.24, 2.45) is 11.8 Å². The molecular formula is C18H31NO. The van der Waals surface area contributed by atoms with Crippen LogP contribution in [0.3, 0.4) is 0 Å². The zero-order valence-corrected chi connectivity index (χ0v) is 13.2. The lowest BCUT2D eigenvalue weighted by Crippen LogP contribution is -2.39. The summed E-state index contributed by atoms with van der Waals surface area (Å²) in [5, 5.41) is 3.69. The van der Waals surface area contributed by atoms with E-state index >= 15 is 0 Å². The lowest BCUT2D eigenvalue weighted by atomic mass is 9.76. The minimum Gasteiger partial charge on any atom is -0.469 e. The molecule has 0 aromatic carbocycles. The van der Waals surface area contributed by atoms with Gasteiger partial charge in [-0.2, -0.15) is 0 Å². The fourth-order valence-corrected chi connectivity index (χ4v) is 3.69. The van der Waals surface area contributed by atoms with E-state index in [-0.39, 0.29) is 0 Å². The highest BCUT2D eigenvalue weighted by Gasteiger charge is 2.27. The Kier molecular flexibility index (Phi) is 6.65. The third kappa shape index (κ3) is 4.66. The molecule has 1 heterocycles. The van der Waals surface area contributed by atoms with Gasteiger partial charge in [-0.25, -0.2) is 0 Å². The Morgan fingerprint density at radius 3 is 2.65 bits per heavy atom. The average Bonchev–Trinajstić information content (AvgIpc) is 2.98. The molecule has 1 aliphatic carbocycles. The molecule has 0 aliphatic heterocycles. The van der Waals surface area contributed by atoms with Crippen LogP contribution < -0.4 is 5.32 Å². The van der Waals surface area contributed by atoms with Crippen LogP contribution in [0.4, 0.5) is 0 Å². The standard InChI is InChI=1S/C18H31NO/c1-3-5-7-15-9-11-16(12-10-15)18(19-4-2)14-17-8-6-13-20-17/h6,8,13,15-16,18-19H,3-5,7,9-12,14H2,1-2H3. The molecule has 1 unspecified atom stereocenters. The van der Waals surface area contributed by atoms with Crippen LogP contribution in [0.25, 0.3) is 0 Å². The highest BCUT2D eigenvalue weighted by Crippen LogP contribution is 2.34. The Hall–Kier alpha value is -0.760. The van der Waals surface area contributed by atoms with E-state index in [1.807, 2.05) is 6.07 Å². The first-order chi connectivity index (χ1) is 9.83. The molecule has 114 valence electrons. The molecule has 0 bridgehead atoms. The van der Waals surface area contributed by atoms with Crippen LogP contribution in [0, 0.1) is 11.8 Å². The van der Waals surface area contributed by atoms with Crippen molar-refractivity contribution in [2.75, 3.05) is 6.54 Å². The number of unbranched alkanes of at least 4 members (excludes halogenated alkanes) is 1. The Labute approximate surface area is 124 Å². The van der Waals surface area contributed by atoms with Crippen molar-refractivity contribution >= 4 is 0 Å². The summed E-state index contributed by atoms with van der Waals surface area (Å²) in [6.07, 6.45) is 12.7. The number of hydrogen-bond donors (Lipinski definition) is 1. The van der Waals surface area contributed by atoms with Crippen LogP contribution in [0.2, 0.25) is 0 Å². The van der Waals surface area contributed by atoms with Gasteiger partial charge in [-0.05, 0) is 43.4 Å². The molecule has 1 aliphatic rings. The summed E-state index contributed by atoms with van der Waals surface area (Å²) in [4.78, 5) is 0. The quantitative estimate of drug-likeness (QED) is 0.738. The van der Waals surface area contributed by atoms with Crippen LogP contribution in [0.5, 0.6) is 0 Å². The van der Waals surface area contributed by atoms with Gasteiger partial charge < -0.3 is 9.73 Å². The summed E-state index contributed by atoms with van der Waals surface area (Å²) >= 11 is 0. The van der Waals surface area contributed by atoms with Crippen LogP contribution in [0.1, 0.15) is 64.6 Å². The highest BCUT2D eigenvalue weighted by molar-refractivity contribution is 5.01. The minimum atomic E-state index is 0.596. The van der Waals surface area contributed by atoms with E-state index in [1.54, 1.807) is 6.26 Å². The van der Waals surface area contributed by atoms with Crippen molar-refractivity contribution in [1.29, 1.82) is 0 Å². The van der Waals surface area contributed by atoms with Gasteiger partial charge in [0.05, 0.1) is 6.26 Å². The molecule has 2 nitrogen and oxygen atoms in total. The number of rotatable bonds is 8. The SMILES string of the molecule is CCCCC1CCC(C(Cc2ccco2)NCC)CC1. The molecule has 1 fully saturated rings. The van der Waals surface area contributed by atoms with Crippen molar-refractivity contribution in [3.8, 4) is 0 Å². The smallest absolute Gasteiger partial charge is 0.105 e. The Balaban J connectivity index is 1.81. The predicted molar refractivity (Wildman–Crippen MR) is 84.8 cm³/mol. The average molecular weight is 277 g/mol. The van der Waals surface area contributed by atoms with Crippen molar-refractivity contribution in [1.82, 2.24) is 5.32 Å². The third-order valence-electron chi connectivity index (χ3n) is 4.89. The first-order valence-corrected chi connectivity index (χ1v) is 8.59. The second-order valence-electron chi connectivity index (χ2n) is 6.37. The van der Waals surface area contributed by atoms with Gasteiger partial charge >= 0.3 is 0 Å². The van der Waals surface area contributed by atoms with Gasteiger partial charge in [-0.3, -0.25) is 0 Å². The molecule has 0 radical (unpaired) electrons. The zero-order chi connectivity index (χ0) is 14.2. The summed E-state index contributed by atoms with van der Waals surface area (Å²) in [6, 6.07) is 4.70. The van der Waals surface area contributed by atoms with Crippen molar-refractivity contribution in [2.45, 2.75) is 71.3 Å². The van der Waals surface area contributed by atoms with E-state index < -0.39 is 0 Å². The Morgan fingerprint density at radius 2 is 2.05 bits per heavy atom. The summed E-state index contributed by atoms with van der Waals surface area (Å²) in [6.45, 7) is 5.57. The van der Waals surface area contributed by atoms with Crippen LogP contribution in [0.15, 0.2) is 22.8 Å². The number of nitrogens with one attached hydrogen (secondary N) is 1. The molecule has 1 aromatic heterocycles. The third-order valence-corrected chi connectivity index (χ3v) is 4.89. The largest absolute Gasteiger partial charge is 0.469 e. The van der Waals surface area contributed by atoms with Gasteiger partial charge in [0, 0.05) is 12.5 Å². The molecule has 1 atom stereocenters. The molecule has 0 amide bonds. The predicted octanol–water partition coefficient (Wildman–Crippen LogP) is 4.80. The van der Waals surface area contributed by atoms with Crippen LogP contribution >= 0.6 is 0 Å². The fourth-order valence-electron chi connectivity index (χ4n) is 3.69. The lowest BCUT2D eigenvalue weighted by Gasteiger charge is -2.34. The highest BCUT2D eigenvalue weighted by atomic mass is 16.3. The van der Waals surface area contributed by atoms with Crippen molar-refractivity contribution in [3.63, 3.8) is 0 Å². The summed E-state index contributed by atoms with van der Waals surface area (Å²) in [5.74, 6) is 2.96. The van der Waals surface area contributed by atoms with Gasteiger partial charge in [0.25, 0.3) is 0 Å². The summed E-state index contributed by atoms with van der Waals surface area (Å²) in [7, 11) is 0. The molecule has 20 heavy (non-hydrogen) atoms. The Bertz CT molecular complexity index is 338. The van der Waals surface area contributed by atoms with E-state index in [0.29, 0.717) is 6.04 Å². The van der Waals surface area contributed by atoms with Crippen molar-refractivity contribution in [3.05, 3.63) is 24.2 Å². The summed E-state index contributed by atoms with van der Waals surface area (Å²) < 4.78 is 5.54. The molecule has 2 heteroatoms. The molecule has 0 spiro atoms. The normalized spacial score (nSPS) is 24.7. The number of furan rings is 1. The number of likely N-dealkylation sites (N-methyl/N-ethyl adjacent to an activating group) is 1. The monoisotopic (exact) mass is 277 g/mol. The zero-order valence-electron chi connectivity index (χ0n) is 13.2. The lowest BCUT2D eigenvalue weighted by molar-refractivity contribution is 0.208. The maximum Gasteiger partial charge on any atom is 0.105 e. The fraction of sp³-hybridized carbons (Fsp3) is 0.778. The molecule has 1 N–H and O–H groups in total. The van der Waals surface area contributed by atoms with Crippen molar-refractivity contribution < 1.29 is 4.42 Å². The molecule has 1 aromatic rings. The maximum absolute atomic E-state index is 5.54. The first-order valence-electron chi connectivity index (χ1n) is 8.59. The molecule has 2 rings (SSSR count). The summed E-state index contributed by atoms with van der Waals surface area (Å²) in [5.41, 5.74) is 0. The van der Waals surface area contributed by atoms with E-state index in [1.165, 1.54) is 44.9 Å². The second-order valence-corrected chi connectivity index (χ2v) is 6.37. The van der Waals surface area contributed by atoms with E-state index in [2.05, 4.69) is 25.2 Å². The minimum absolute atomic E-state index is 0.596. The van der Waals surface area contributed by atoms with E-state index in [9.17, 15) is 0 Å². The van der Waals surface area contributed by atoms with Gasteiger partial charge in [0.2, 0.25) is 0 Å². The van der Waals surface area contributed by atoms with Crippen LogP contribution in [-0.4, -0.2) is 12.6 Å². The van der Waals surface area contributed by atoms with Gasteiger partial charge in [0.15, 0.2) is 0 Å².